The second kappa shape index (κ2) is 12.3. The number of rotatable bonds is 4. The largest absolute Gasteiger partial charge is 0.495 e. The fraction of sp³-hybridized carbons (Fsp3) is 0.452. The number of halogens is 1. The zero-order chi connectivity index (χ0) is 31.0. The molecule has 3 heterocycles. The Kier molecular flexibility index (Phi) is 9.37. The molecule has 0 bridgehead atoms. The van der Waals surface area contributed by atoms with Crippen LogP contribution in [0.4, 0.5) is 5.69 Å². The lowest BCUT2D eigenvalue weighted by atomic mass is 9.76. The Morgan fingerprint density at radius 3 is 2.24 bits per heavy atom. The molecule has 2 aliphatic heterocycles. The third-order valence-electron chi connectivity index (χ3n) is 8.54. The number of likely N-dealkylation sites (N-methyl/N-ethyl adjacent to an activating group) is 2. The minimum atomic E-state index is -0.330. The molecule has 3 aromatic rings. The Labute approximate surface area is 257 Å². The van der Waals surface area contributed by atoms with Crippen LogP contribution in [-0.2, 0) is 27.6 Å². The predicted molar refractivity (Wildman–Crippen MR) is 171 cm³/mol. The SMILES string of the molecule is CN1CCN(C)C(c2ccc(Cc3nc(Br)cn(C)c3=O)cc2)C1=O.Cc1c(N)cccc1B1OC(C)(C)C(C)(C)O1. The van der Waals surface area contributed by atoms with Gasteiger partial charge < -0.3 is 24.5 Å². The lowest BCUT2D eigenvalue weighted by molar-refractivity contribution is -0.139. The van der Waals surface area contributed by atoms with Crippen LogP contribution >= 0.6 is 15.9 Å². The van der Waals surface area contributed by atoms with Crippen LogP contribution in [0.25, 0.3) is 0 Å². The first-order valence-electron chi connectivity index (χ1n) is 14.1. The summed E-state index contributed by atoms with van der Waals surface area (Å²) in [5.74, 6) is 0.115. The van der Waals surface area contributed by atoms with E-state index in [4.69, 9.17) is 15.0 Å². The number of hydrogen-bond donors (Lipinski definition) is 1. The van der Waals surface area contributed by atoms with Crippen molar-refractivity contribution in [3.63, 3.8) is 0 Å². The van der Waals surface area contributed by atoms with Crippen molar-refractivity contribution in [1.29, 1.82) is 0 Å². The Hall–Kier alpha value is -2.99. The molecule has 0 spiro atoms. The first-order valence-corrected chi connectivity index (χ1v) is 14.9. The van der Waals surface area contributed by atoms with Gasteiger partial charge in [-0.25, -0.2) is 4.98 Å². The van der Waals surface area contributed by atoms with Gasteiger partial charge in [-0.2, -0.15) is 0 Å². The van der Waals surface area contributed by atoms with Crippen molar-refractivity contribution in [3.8, 4) is 0 Å². The van der Waals surface area contributed by atoms with Crippen molar-refractivity contribution in [2.24, 2.45) is 7.05 Å². The highest BCUT2D eigenvalue weighted by atomic mass is 79.9. The highest BCUT2D eigenvalue weighted by Gasteiger charge is 2.52. The summed E-state index contributed by atoms with van der Waals surface area (Å²) in [7, 11) is 5.19. The Morgan fingerprint density at radius 1 is 1.00 bits per heavy atom. The van der Waals surface area contributed by atoms with Crippen molar-refractivity contribution >= 4 is 40.1 Å². The molecule has 224 valence electrons. The average Bonchev–Trinajstić information content (AvgIpc) is 3.14. The minimum absolute atomic E-state index is 0.101. The molecule has 0 aliphatic carbocycles. The van der Waals surface area contributed by atoms with E-state index >= 15 is 0 Å². The number of benzene rings is 2. The zero-order valence-corrected chi connectivity index (χ0v) is 27.4. The number of aromatic nitrogens is 2. The van der Waals surface area contributed by atoms with Crippen LogP contribution in [0, 0.1) is 6.92 Å². The molecule has 0 saturated carbocycles. The molecule has 2 N–H and O–H groups in total. The molecule has 1 aromatic heterocycles. The zero-order valence-electron chi connectivity index (χ0n) is 25.8. The van der Waals surface area contributed by atoms with E-state index in [1.807, 2.05) is 63.5 Å². The number of hydrogen-bond acceptors (Lipinski definition) is 7. The second-order valence-electron chi connectivity index (χ2n) is 12.1. The van der Waals surface area contributed by atoms with Gasteiger partial charge in [0.25, 0.3) is 5.56 Å². The summed E-state index contributed by atoms with van der Waals surface area (Å²) in [4.78, 5) is 32.8. The van der Waals surface area contributed by atoms with Crippen LogP contribution in [-0.4, -0.2) is 70.8 Å². The first kappa shape index (κ1) is 31.9. The molecule has 2 aliphatic rings. The summed E-state index contributed by atoms with van der Waals surface area (Å²) in [5.41, 5.74) is 10.5. The first-order chi connectivity index (χ1) is 19.6. The van der Waals surface area contributed by atoms with E-state index in [9.17, 15) is 9.59 Å². The average molecular weight is 638 g/mol. The number of aryl methyl sites for hydroxylation is 1. The lowest BCUT2D eigenvalue weighted by Gasteiger charge is -2.37. The van der Waals surface area contributed by atoms with Gasteiger partial charge in [-0.1, -0.05) is 36.4 Å². The molecule has 1 unspecified atom stereocenters. The number of nitrogens with two attached hydrogens (primary N) is 1. The fourth-order valence-electron chi connectivity index (χ4n) is 4.99. The van der Waals surface area contributed by atoms with Crippen molar-refractivity contribution < 1.29 is 14.1 Å². The Balaban J connectivity index is 0.000000208. The monoisotopic (exact) mass is 637 g/mol. The number of amides is 1. The molecule has 0 radical (unpaired) electrons. The molecule has 2 fully saturated rings. The second-order valence-corrected chi connectivity index (χ2v) is 12.9. The molecule has 11 heteroatoms. The van der Waals surface area contributed by atoms with E-state index in [-0.39, 0.29) is 35.8 Å². The van der Waals surface area contributed by atoms with Gasteiger partial charge in [0.1, 0.15) is 16.3 Å². The summed E-state index contributed by atoms with van der Waals surface area (Å²) < 4.78 is 14.2. The molecule has 1 amide bonds. The topological polar surface area (TPSA) is 103 Å². The third-order valence-corrected chi connectivity index (χ3v) is 8.92. The van der Waals surface area contributed by atoms with Gasteiger partial charge in [0.05, 0.1) is 11.2 Å². The van der Waals surface area contributed by atoms with Gasteiger partial charge in [-0.15, -0.1) is 0 Å². The van der Waals surface area contributed by atoms with Gasteiger partial charge in [0, 0.05) is 45.5 Å². The highest BCUT2D eigenvalue weighted by molar-refractivity contribution is 9.10. The van der Waals surface area contributed by atoms with Crippen LogP contribution in [0.1, 0.15) is 56.1 Å². The fourth-order valence-corrected chi connectivity index (χ4v) is 5.51. The predicted octanol–water partition coefficient (Wildman–Crippen LogP) is 3.45. The summed E-state index contributed by atoms with van der Waals surface area (Å²) in [5, 5.41) is 0. The van der Waals surface area contributed by atoms with Crippen molar-refractivity contribution in [2.75, 3.05) is 32.9 Å². The minimum Gasteiger partial charge on any atom is -0.399 e. The summed E-state index contributed by atoms with van der Waals surface area (Å²) in [6.45, 7) is 11.8. The molecule has 2 aromatic carbocycles. The van der Waals surface area contributed by atoms with Gasteiger partial charge in [0.15, 0.2) is 0 Å². The summed E-state index contributed by atoms with van der Waals surface area (Å²) >= 11 is 3.32. The normalized spacial score (nSPS) is 19.9. The Bertz CT molecular complexity index is 1490. The van der Waals surface area contributed by atoms with Crippen LogP contribution in [0.15, 0.2) is 58.1 Å². The van der Waals surface area contributed by atoms with Crippen LogP contribution in [0.3, 0.4) is 0 Å². The van der Waals surface area contributed by atoms with Gasteiger partial charge >= 0.3 is 7.12 Å². The summed E-state index contributed by atoms with van der Waals surface area (Å²) in [6.07, 6.45) is 2.11. The van der Waals surface area contributed by atoms with E-state index in [1.165, 1.54) is 4.57 Å². The van der Waals surface area contributed by atoms with E-state index in [2.05, 4.69) is 53.5 Å². The third kappa shape index (κ3) is 6.64. The number of nitrogens with zero attached hydrogens (tertiary/aromatic N) is 4. The molecule has 5 rings (SSSR count). The van der Waals surface area contributed by atoms with Gasteiger partial charge in [0.2, 0.25) is 5.91 Å². The number of anilines is 1. The number of carbonyl (C=O) groups excluding carboxylic acids is 1. The molecular formula is C31H41BBrN5O4. The smallest absolute Gasteiger partial charge is 0.399 e. The van der Waals surface area contributed by atoms with Crippen LogP contribution in [0.5, 0.6) is 0 Å². The number of carbonyl (C=O) groups is 1. The van der Waals surface area contributed by atoms with Gasteiger partial charge in [-0.05, 0) is 85.8 Å². The molecular weight excluding hydrogens is 597 g/mol. The Morgan fingerprint density at radius 2 is 1.62 bits per heavy atom. The highest BCUT2D eigenvalue weighted by Crippen LogP contribution is 2.36. The lowest BCUT2D eigenvalue weighted by Crippen LogP contribution is -2.48. The van der Waals surface area contributed by atoms with E-state index in [1.54, 1.807) is 18.1 Å². The van der Waals surface area contributed by atoms with Crippen molar-refractivity contribution in [3.05, 3.63) is 86.0 Å². The number of nitrogen functional groups attached to an aromatic ring is 1. The summed E-state index contributed by atoms with van der Waals surface area (Å²) in [6, 6.07) is 13.5. The standard InChI is InChI=1S/C18H21BrN4O2.C13H20BNO2/c1-21-8-9-22(2)18(25)16(21)13-6-4-12(5-7-13)10-14-17(24)23(3)11-15(19)20-14;1-9-10(7-6-8-11(9)15)14-16-12(2,3)13(4,5)17-14/h4-7,11,16H,8-10H2,1-3H3;6-8H,15H2,1-5H3. The van der Waals surface area contributed by atoms with Gasteiger partial charge in [-0.3, -0.25) is 14.5 Å². The van der Waals surface area contributed by atoms with E-state index in [0.29, 0.717) is 16.7 Å². The maximum Gasteiger partial charge on any atom is 0.495 e. The van der Waals surface area contributed by atoms with E-state index in [0.717, 1.165) is 40.9 Å². The molecule has 1 atom stereocenters. The quantitative estimate of drug-likeness (QED) is 0.345. The maximum atomic E-state index is 12.5. The van der Waals surface area contributed by atoms with Crippen molar-refractivity contribution in [1.82, 2.24) is 19.4 Å². The van der Waals surface area contributed by atoms with Crippen molar-refractivity contribution in [2.45, 2.75) is 58.3 Å². The number of piperazine rings is 1. The van der Waals surface area contributed by atoms with Crippen LogP contribution < -0.4 is 16.8 Å². The molecule has 9 nitrogen and oxygen atoms in total. The molecule has 42 heavy (non-hydrogen) atoms. The molecule has 2 saturated heterocycles. The van der Waals surface area contributed by atoms with E-state index < -0.39 is 0 Å². The van der Waals surface area contributed by atoms with Crippen LogP contribution in [0.2, 0.25) is 0 Å². The maximum absolute atomic E-state index is 12.5.